The number of rotatable bonds is 5. The van der Waals surface area contributed by atoms with Gasteiger partial charge in [-0.2, -0.15) is 13.2 Å². The van der Waals surface area contributed by atoms with Gasteiger partial charge in [-0.1, -0.05) is 28.1 Å². The van der Waals surface area contributed by atoms with Crippen molar-refractivity contribution in [3.8, 4) is 0 Å². The number of carbonyl (C=O) groups is 1. The van der Waals surface area contributed by atoms with Crippen molar-refractivity contribution in [3.05, 3.63) is 34.3 Å². The van der Waals surface area contributed by atoms with Gasteiger partial charge in [0.1, 0.15) is 6.54 Å². The van der Waals surface area contributed by atoms with Crippen molar-refractivity contribution in [1.29, 1.82) is 0 Å². The first-order valence-electron chi connectivity index (χ1n) is 5.60. The minimum atomic E-state index is -4.38. The van der Waals surface area contributed by atoms with Crippen molar-refractivity contribution >= 4 is 21.8 Å². The van der Waals surface area contributed by atoms with Crippen molar-refractivity contribution in [2.75, 3.05) is 13.1 Å². The van der Waals surface area contributed by atoms with E-state index in [9.17, 15) is 18.0 Å². The fourth-order valence-electron chi connectivity index (χ4n) is 1.40. The Labute approximate surface area is 117 Å². The van der Waals surface area contributed by atoms with Crippen LogP contribution in [0.15, 0.2) is 28.7 Å². The average Bonchev–Trinajstić information content (AvgIpc) is 2.32. The van der Waals surface area contributed by atoms with Crippen LogP contribution < -0.4 is 10.6 Å². The van der Waals surface area contributed by atoms with Crippen molar-refractivity contribution in [2.45, 2.75) is 19.1 Å². The number of hydrogen-bond donors (Lipinski definition) is 2. The zero-order chi connectivity index (χ0) is 14.5. The Morgan fingerprint density at radius 1 is 1.42 bits per heavy atom. The molecule has 0 unspecified atom stereocenters. The van der Waals surface area contributed by atoms with Gasteiger partial charge in [0.15, 0.2) is 0 Å². The molecule has 0 aliphatic carbocycles. The van der Waals surface area contributed by atoms with E-state index in [0.29, 0.717) is 0 Å². The molecule has 106 valence electrons. The quantitative estimate of drug-likeness (QED) is 0.866. The number of hydrogen-bond acceptors (Lipinski definition) is 2. The highest BCUT2D eigenvalue weighted by Crippen LogP contribution is 2.17. The van der Waals surface area contributed by atoms with Crippen LogP contribution in [0, 0.1) is 0 Å². The van der Waals surface area contributed by atoms with Crippen LogP contribution in [0.1, 0.15) is 18.5 Å². The maximum atomic E-state index is 11.9. The van der Waals surface area contributed by atoms with E-state index in [0.717, 1.165) is 10.0 Å². The normalized spacial score (nSPS) is 13.1. The molecular formula is C12H14BrF3N2O. The molecule has 0 aromatic heterocycles. The van der Waals surface area contributed by atoms with Crippen LogP contribution in [-0.4, -0.2) is 25.2 Å². The molecule has 0 saturated heterocycles. The molecule has 0 radical (unpaired) electrons. The maximum absolute atomic E-state index is 11.9. The van der Waals surface area contributed by atoms with Gasteiger partial charge >= 0.3 is 6.18 Å². The molecule has 1 atom stereocenters. The summed E-state index contributed by atoms with van der Waals surface area (Å²) < 4.78 is 36.6. The van der Waals surface area contributed by atoms with Crippen molar-refractivity contribution < 1.29 is 18.0 Å². The van der Waals surface area contributed by atoms with Crippen LogP contribution in [-0.2, 0) is 4.79 Å². The summed E-state index contributed by atoms with van der Waals surface area (Å²) in [5, 5.41) is 4.67. The molecule has 7 heteroatoms. The lowest BCUT2D eigenvalue weighted by Crippen LogP contribution is -2.39. The lowest BCUT2D eigenvalue weighted by atomic mass is 10.1. The third-order valence-corrected chi connectivity index (χ3v) is 2.90. The molecule has 3 nitrogen and oxygen atoms in total. The third kappa shape index (κ3) is 6.58. The highest BCUT2D eigenvalue weighted by Gasteiger charge is 2.27. The van der Waals surface area contributed by atoms with Crippen molar-refractivity contribution in [3.63, 3.8) is 0 Å². The van der Waals surface area contributed by atoms with Gasteiger partial charge in [-0.25, -0.2) is 0 Å². The first-order chi connectivity index (χ1) is 8.78. The molecule has 0 saturated carbocycles. The Balaban J connectivity index is 2.38. The highest BCUT2D eigenvalue weighted by molar-refractivity contribution is 9.10. The Hall–Kier alpha value is -1.08. The summed E-state index contributed by atoms with van der Waals surface area (Å²) in [4.78, 5) is 11.2. The second-order valence-corrected chi connectivity index (χ2v) is 4.97. The van der Waals surface area contributed by atoms with E-state index in [2.05, 4.69) is 21.2 Å². The van der Waals surface area contributed by atoms with E-state index in [-0.39, 0.29) is 12.6 Å². The number of benzene rings is 1. The number of amides is 1. The Bertz CT molecular complexity index is 437. The van der Waals surface area contributed by atoms with Crippen LogP contribution in [0.25, 0.3) is 0 Å². The zero-order valence-corrected chi connectivity index (χ0v) is 11.8. The van der Waals surface area contributed by atoms with E-state index in [1.54, 1.807) is 5.32 Å². The van der Waals surface area contributed by atoms with Crippen LogP contribution in [0.2, 0.25) is 0 Å². The van der Waals surface area contributed by atoms with Crippen LogP contribution in [0.5, 0.6) is 0 Å². The lowest BCUT2D eigenvalue weighted by molar-refractivity contribution is -0.137. The van der Waals surface area contributed by atoms with Crippen molar-refractivity contribution in [2.24, 2.45) is 0 Å². The summed E-state index contributed by atoms with van der Waals surface area (Å²) in [5.74, 6) is -0.681. The zero-order valence-electron chi connectivity index (χ0n) is 10.2. The second-order valence-electron chi connectivity index (χ2n) is 4.05. The van der Waals surface area contributed by atoms with Crippen LogP contribution in [0.4, 0.5) is 13.2 Å². The minimum absolute atomic E-state index is 0.130. The molecule has 0 spiro atoms. The number of carbonyl (C=O) groups excluding carboxylic acids is 1. The molecule has 0 bridgehead atoms. The summed E-state index contributed by atoms with van der Waals surface area (Å²) in [6.07, 6.45) is -4.38. The molecule has 1 aromatic carbocycles. The molecule has 0 aliphatic rings. The molecule has 1 aromatic rings. The van der Waals surface area contributed by atoms with Gasteiger partial charge in [-0.05, 0) is 24.6 Å². The van der Waals surface area contributed by atoms with E-state index < -0.39 is 18.6 Å². The van der Waals surface area contributed by atoms with Gasteiger partial charge in [0.2, 0.25) is 5.91 Å². The Morgan fingerprint density at radius 3 is 2.68 bits per heavy atom. The number of halogens is 4. The fraction of sp³-hybridized carbons (Fsp3) is 0.417. The Kier molecular flexibility index (Phi) is 5.81. The third-order valence-electron chi connectivity index (χ3n) is 2.40. The van der Waals surface area contributed by atoms with E-state index in [4.69, 9.17) is 0 Å². The van der Waals surface area contributed by atoms with Gasteiger partial charge in [-0.15, -0.1) is 0 Å². The number of nitrogens with one attached hydrogen (secondary N) is 2. The monoisotopic (exact) mass is 338 g/mol. The minimum Gasteiger partial charge on any atom is -0.346 e. The molecule has 0 heterocycles. The fourth-order valence-corrected chi connectivity index (χ4v) is 1.82. The van der Waals surface area contributed by atoms with Crippen LogP contribution >= 0.6 is 15.9 Å². The predicted molar refractivity (Wildman–Crippen MR) is 69.6 cm³/mol. The van der Waals surface area contributed by atoms with Gasteiger partial charge in [0.25, 0.3) is 0 Å². The Morgan fingerprint density at radius 2 is 2.11 bits per heavy atom. The first-order valence-corrected chi connectivity index (χ1v) is 6.39. The van der Waals surface area contributed by atoms with Gasteiger partial charge in [0, 0.05) is 10.5 Å². The summed E-state index contributed by atoms with van der Waals surface area (Å²) in [6.45, 7) is 0.362. The van der Waals surface area contributed by atoms with Gasteiger partial charge in [0.05, 0.1) is 6.54 Å². The summed E-state index contributed by atoms with van der Waals surface area (Å²) in [7, 11) is 0. The van der Waals surface area contributed by atoms with Gasteiger partial charge in [-0.3, -0.25) is 4.79 Å². The first kappa shape index (κ1) is 16.0. The highest BCUT2D eigenvalue weighted by atomic mass is 79.9. The molecule has 2 N–H and O–H groups in total. The molecule has 0 aliphatic heterocycles. The van der Waals surface area contributed by atoms with E-state index in [1.807, 2.05) is 31.2 Å². The summed E-state index contributed by atoms with van der Waals surface area (Å²) >= 11 is 3.33. The molecule has 1 amide bonds. The standard InChI is InChI=1S/C12H14BrF3N2O/c1-8(9-3-2-4-10(13)5-9)17-6-11(19)18-7-12(14,15)16/h2-5,8,17H,6-7H2,1H3,(H,18,19)/t8-/m1/s1. The van der Waals surface area contributed by atoms with E-state index in [1.165, 1.54) is 0 Å². The summed E-state index contributed by atoms with van der Waals surface area (Å²) in [6, 6.07) is 7.34. The SMILES string of the molecule is C[C@@H](NCC(=O)NCC(F)(F)F)c1cccc(Br)c1. The molecule has 19 heavy (non-hydrogen) atoms. The second kappa shape index (κ2) is 6.91. The van der Waals surface area contributed by atoms with Crippen molar-refractivity contribution in [1.82, 2.24) is 10.6 Å². The largest absolute Gasteiger partial charge is 0.405 e. The molecular weight excluding hydrogens is 325 g/mol. The molecule has 0 fully saturated rings. The summed E-state index contributed by atoms with van der Waals surface area (Å²) in [5.41, 5.74) is 0.943. The maximum Gasteiger partial charge on any atom is 0.405 e. The smallest absolute Gasteiger partial charge is 0.346 e. The van der Waals surface area contributed by atoms with Crippen LogP contribution in [0.3, 0.4) is 0 Å². The number of alkyl halides is 3. The average molecular weight is 339 g/mol. The van der Waals surface area contributed by atoms with E-state index >= 15 is 0 Å². The lowest BCUT2D eigenvalue weighted by Gasteiger charge is -2.15. The van der Waals surface area contributed by atoms with Gasteiger partial charge < -0.3 is 10.6 Å². The molecule has 1 rings (SSSR count). The predicted octanol–water partition coefficient (Wildman–Crippen LogP) is 2.78. The topological polar surface area (TPSA) is 41.1 Å².